The van der Waals surface area contributed by atoms with Crippen molar-refractivity contribution in [2.75, 3.05) is 12.4 Å². The number of thioether (sulfide) groups is 1. The molecule has 0 saturated carbocycles. The zero-order valence-electron chi connectivity index (χ0n) is 25.0. The van der Waals surface area contributed by atoms with Crippen LogP contribution in [-0.2, 0) is 23.9 Å². The molecule has 10 nitrogen and oxygen atoms in total. The van der Waals surface area contributed by atoms with Crippen LogP contribution in [0.5, 0.6) is 0 Å². The quantitative estimate of drug-likeness (QED) is 0.0786. The highest BCUT2D eigenvalue weighted by Gasteiger charge is 2.64. The number of nitrogens with zero attached hydrogens (tertiary/aromatic N) is 3. The Balaban J connectivity index is 1.49. The predicted octanol–water partition coefficient (Wildman–Crippen LogP) is 6.01. The number of ether oxygens (including phenoxy) is 2. The van der Waals surface area contributed by atoms with Crippen LogP contribution in [0.25, 0.3) is 0 Å². The van der Waals surface area contributed by atoms with Crippen LogP contribution >= 0.6 is 11.8 Å². The van der Waals surface area contributed by atoms with Gasteiger partial charge in [-0.1, -0.05) is 80.4 Å². The van der Waals surface area contributed by atoms with Gasteiger partial charge in [0.1, 0.15) is 17.7 Å². The average molecular weight is 628 g/mol. The van der Waals surface area contributed by atoms with E-state index in [1.54, 1.807) is 18.3 Å². The van der Waals surface area contributed by atoms with E-state index in [0.29, 0.717) is 23.3 Å². The van der Waals surface area contributed by atoms with Crippen molar-refractivity contribution in [2.45, 2.75) is 50.1 Å². The Morgan fingerprint density at radius 3 is 2.24 bits per heavy atom. The molecule has 0 radical (unpaired) electrons. The molecule has 5 rings (SSSR count). The van der Waals surface area contributed by atoms with Gasteiger partial charge in [-0.25, -0.2) is 4.79 Å². The number of hydrogen-bond acceptors (Lipinski definition) is 9. The largest absolute Gasteiger partial charge is 0.461 e. The van der Waals surface area contributed by atoms with Gasteiger partial charge in [0.15, 0.2) is 11.6 Å². The van der Waals surface area contributed by atoms with Crippen molar-refractivity contribution < 1.29 is 28.8 Å². The SMILES string of the molecule is CCCC[C@]1(N=Cc2ccc([N+](=O)[O-])cc2)C(=O)N2C(C(=O)OC(c3ccccc3)c3ccccc3)=C(COC(C)=O)CS[C@@H]21. The predicted molar refractivity (Wildman–Crippen MR) is 171 cm³/mol. The number of esters is 2. The summed E-state index contributed by atoms with van der Waals surface area (Å²) in [5.41, 5.74) is 1.51. The van der Waals surface area contributed by atoms with Crippen LogP contribution in [0.3, 0.4) is 0 Å². The highest BCUT2D eigenvalue weighted by molar-refractivity contribution is 8.00. The van der Waals surface area contributed by atoms with Crippen LogP contribution in [0.2, 0.25) is 0 Å². The minimum Gasteiger partial charge on any atom is -0.461 e. The fourth-order valence-electron chi connectivity index (χ4n) is 5.44. The van der Waals surface area contributed by atoms with Gasteiger partial charge in [0, 0.05) is 36.6 Å². The number of fused-ring (bicyclic) bond motifs is 1. The highest BCUT2D eigenvalue weighted by atomic mass is 32.2. The standard InChI is InChI=1S/C34H33N3O7S/c1-3-4-19-34(35-20-24-15-17-28(18-16-24)37(41)42)32(40)36-29(27(21-43-23(2)38)22-45-33(34)36)31(39)44-30(25-11-7-5-8-12-25)26-13-9-6-10-14-26/h5-18,20,30,33H,3-4,19,21-22H2,1-2H3/t33-,34+/m1/s1. The maximum atomic E-state index is 14.2. The summed E-state index contributed by atoms with van der Waals surface area (Å²) in [7, 11) is 0. The zero-order chi connectivity index (χ0) is 32.0. The Kier molecular flexibility index (Phi) is 9.77. The molecule has 0 unspecified atom stereocenters. The zero-order valence-corrected chi connectivity index (χ0v) is 25.8. The molecule has 2 aliphatic heterocycles. The maximum Gasteiger partial charge on any atom is 0.356 e. The summed E-state index contributed by atoms with van der Waals surface area (Å²) in [6, 6.07) is 24.6. The lowest BCUT2D eigenvalue weighted by molar-refractivity contribution is -0.384. The van der Waals surface area contributed by atoms with Crippen molar-refractivity contribution in [2.24, 2.45) is 4.99 Å². The molecule has 0 aromatic heterocycles. The first kappa shape index (κ1) is 31.6. The number of nitro benzene ring substituents is 1. The molecule has 2 aliphatic rings. The van der Waals surface area contributed by atoms with Crippen LogP contribution in [-0.4, -0.2) is 57.2 Å². The first-order valence-corrected chi connectivity index (χ1v) is 15.7. The number of β-lactam (4-membered cyclic amide) rings is 1. The number of carbonyl (C=O) groups is 3. The van der Waals surface area contributed by atoms with E-state index in [4.69, 9.17) is 14.5 Å². The Bertz CT molecular complexity index is 1590. The summed E-state index contributed by atoms with van der Waals surface area (Å²) >= 11 is 1.45. The lowest BCUT2D eigenvalue weighted by Gasteiger charge is -2.55. The second kappa shape index (κ2) is 13.9. The van der Waals surface area contributed by atoms with Crippen molar-refractivity contribution in [1.82, 2.24) is 4.90 Å². The van der Waals surface area contributed by atoms with Crippen molar-refractivity contribution in [1.29, 1.82) is 0 Å². The molecule has 1 saturated heterocycles. The summed E-state index contributed by atoms with van der Waals surface area (Å²) in [6.45, 7) is 3.16. The van der Waals surface area contributed by atoms with E-state index < -0.39 is 33.9 Å². The molecule has 0 N–H and O–H groups in total. The topological polar surface area (TPSA) is 128 Å². The number of hydrogen-bond donors (Lipinski definition) is 0. The Morgan fingerprint density at radius 2 is 1.69 bits per heavy atom. The van der Waals surface area contributed by atoms with Crippen molar-refractivity contribution in [3.05, 3.63) is 123 Å². The van der Waals surface area contributed by atoms with E-state index in [-0.39, 0.29) is 23.9 Å². The Morgan fingerprint density at radius 1 is 1.07 bits per heavy atom. The van der Waals surface area contributed by atoms with Crippen LogP contribution in [0.4, 0.5) is 5.69 Å². The number of aliphatic imine (C=N–C) groups is 1. The van der Waals surface area contributed by atoms with Gasteiger partial charge in [-0.2, -0.15) is 0 Å². The van der Waals surface area contributed by atoms with Gasteiger partial charge in [-0.05, 0) is 35.2 Å². The third-order valence-electron chi connectivity index (χ3n) is 7.76. The van der Waals surface area contributed by atoms with Crippen LogP contribution in [0, 0.1) is 10.1 Å². The highest BCUT2D eigenvalue weighted by Crippen LogP contribution is 2.51. The van der Waals surface area contributed by atoms with E-state index >= 15 is 0 Å². The summed E-state index contributed by atoms with van der Waals surface area (Å²) in [5, 5.41) is 10.6. The monoisotopic (exact) mass is 627 g/mol. The van der Waals surface area contributed by atoms with E-state index in [9.17, 15) is 24.5 Å². The number of non-ortho nitro benzene ring substituents is 1. The molecule has 1 amide bonds. The van der Waals surface area contributed by atoms with E-state index in [1.807, 2.05) is 67.6 Å². The van der Waals surface area contributed by atoms with Gasteiger partial charge >= 0.3 is 11.9 Å². The number of nitro groups is 1. The number of rotatable bonds is 12. The van der Waals surface area contributed by atoms with Gasteiger partial charge < -0.3 is 9.47 Å². The van der Waals surface area contributed by atoms with Crippen molar-refractivity contribution in [3.8, 4) is 0 Å². The number of unbranched alkanes of at least 4 members (excludes halogenated alkanes) is 1. The molecular formula is C34H33N3O7S. The minimum atomic E-state index is -1.14. The normalized spacial score (nSPS) is 19.3. The molecule has 0 bridgehead atoms. The number of carbonyl (C=O) groups excluding carboxylic acids is 3. The van der Waals surface area contributed by atoms with E-state index in [0.717, 1.165) is 24.0 Å². The summed E-state index contributed by atoms with van der Waals surface area (Å²) < 4.78 is 11.5. The van der Waals surface area contributed by atoms with E-state index in [1.165, 1.54) is 35.7 Å². The van der Waals surface area contributed by atoms with Gasteiger partial charge in [-0.3, -0.25) is 29.6 Å². The Labute approximate surface area is 265 Å². The molecule has 232 valence electrons. The van der Waals surface area contributed by atoms with E-state index in [2.05, 4.69) is 0 Å². The summed E-state index contributed by atoms with van der Waals surface area (Å²) in [4.78, 5) is 56.8. The number of benzene rings is 3. The molecule has 3 aromatic carbocycles. The summed E-state index contributed by atoms with van der Waals surface area (Å²) in [6.07, 6.45) is 2.83. The molecule has 45 heavy (non-hydrogen) atoms. The molecular weight excluding hydrogens is 594 g/mol. The first-order chi connectivity index (χ1) is 21.7. The molecule has 2 atom stereocenters. The third kappa shape index (κ3) is 6.68. The number of amides is 1. The van der Waals surface area contributed by atoms with Gasteiger partial charge in [-0.15, -0.1) is 11.8 Å². The molecule has 0 spiro atoms. The Hall–Kier alpha value is -4.77. The van der Waals surface area contributed by atoms with Crippen molar-refractivity contribution in [3.63, 3.8) is 0 Å². The second-order valence-corrected chi connectivity index (χ2v) is 11.9. The maximum absolute atomic E-state index is 14.2. The smallest absolute Gasteiger partial charge is 0.356 e. The molecule has 3 aromatic rings. The fourth-order valence-corrected chi connectivity index (χ4v) is 6.92. The van der Waals surface area contributed by atoms with Gasteiger partial charge in [0.2, 0.25) is 0 Å². The minimum absolute atomic E-state index is 0.0421. The lowest BCUT2D eigenvalue weighted by atomic mass is 9.82. The lowest BCUT2D eigenvalue weighted by Crippen LogP contribution is -2.72. The molecule has 0 aliphatic carbocycles. The molecule has 1 fully saturated rings. The first-order valence-electron chi connectivity index (χ1n) is 14.7. The van der Waals surface area contributed by atoms with Crippen LogP contribution < -0.4 is 0 Å². The summed E-state index contributed by atoms with van der Waals surface area (Å²) in [5.74, 6) is -1.23. The van der Waals surface area contributed by atoms with Gasteiger partial charge in [0.05, 0.1) is 4.92 Å². The van der Waals surface area contributed by atoms with Crippen LogP contribution in [0.15, 0.2) is 101 Å². The van der Waals surface area contributed by atoms with Crippen molar-refractivity contribution >= 4 is 41.5 Å². The fraction of sp³-hybridized carbons (Fsp3) is 0.294. The van der Waals surface area contributed by atoms with Gasteiger partial charge in [0.25, 0.3) is 11.6 Å². The van der Waals surface area contributed by atoms with Crippen LogP contribution in [0.1, 0.15) is 55.9 Å². The average Bonchev–Trinajstić information content (AvgIpc) is 3.06. The molecule has 11 heteroatoms. The second-order valence-electron chi connectivity index (χ2n) is 10.8. The third-order valence-corrected chi connectivity index (χ3v) is 9.19. The molecule has 2 heterocycles.